The van der Waals surface area contributed by atoms with E-state index in [2.05, 4.69) is 21.7 Å². The Balaban J connectivity index is 1.39. The highest BCUT2D eigenvalue weighted by Crippen LogP contribution is 2.33. The summed E-state index contributed by atoms with van der Waals surface area (Å²) in [5.41, 5.74) is 1.20. The molecule has 136 valence electrons. The van der Waals surface area contributed by atoms with Crippen LogP contribution < -0.4 is 0 Å². The third kappa shape index (κ3) is 3.49. The summed E-state index contributed by atoms with van der Waals surface area (Å²) in [7, 11) is 1.80. The molecule has 0 bridgehead atoms. The largest absolute Gasteiger partial charge is 0.339 e. The van der Waals surface area contributed by atoms with Crippen molar-refractivity contribution in [3.05, 3.63) is 54.1 Å². The van der Waals surface area contributed by atoms with Gasteiger partial charge in [-0.05, 0) is 18.4 Å². The van der Waals surface area contributed by atoms with Gasteiger partial charge in [0.05, 0.1) is 12.5 Å². The molecule has 26 heavy (non-hydrogen) atoms. The molecule has 2 heterocycles. The van der Waals surface area contributed by atoms with Crippen LogP contribution >= 0.6 is 0 Å². The molecule has 0 spiro atoms. The smallest absolute Gasteiger partial charge is 0.228 e. The minimum Gasteiger partial charge on any atom is -0.339 e. The van der Waals surface area contributed by atoms with Crippen molar-refractivity contribution in [1.82, 2.24) is 19.4 Å². The summed E-state index contributed by atoms with van der Waals surface area (Å²) in [6.45, 7) is 1.76. The van der Waals surface area contributed by atoms with Crippen LogP contribution in [0.4, 0.5) is 0 Å². The van der Waals surface area contributed by atoms with Crippen molar-refractivity contribution in [2.45, 2.75) is 38.4 Å². The number of aromatic nitrogens is 2. The number of hydrogen-bond acceptors (Lipinski definition) is 3. The number of carbonyl (C=O) groups is 2. The van der Waals surface area contributed by atoms with Crippen molar-refractivity contribution in [1.29, 1.82) is 0 Å². The number of carbonyl (C=O) groups excluding carboxylic acids is 2. The second kappa shape index (κ2) is 6.94. The molecule has 6 heteroatoms. The van der Waals surface area contributed by atoms with Crippen LogP contribution in [0.15, 0.2) is 42.7 Å². The normalized spacial score (nSPS) is 19.8. The molecular formula is C20H24N4O2. The Labute approximate surface area is 153 Å². The highest BCUT2D eigenvalue weighted by molar-refractivity contribution is 5.89. The number of imidazole rings is 1. The standard InChI is InChI=1S/C20H24N4O2/c1-22(20(26)16-11-19(25)24(13-16)17-7-8-17)14-18-21-9-10-23(18)12-15-5-3-2-4-6-15/h2-6,9-10,16-17H,7-8,11-14H2,1H3/t16-/m1/s1. The monoisotopic (exact) mass is 352 g/mol. The zero-order valence-corrected chi connectivity index (χ0v) is 15.0. The van der Waals surface area contributed by atoms with Crippen molar-refractivity contribution in [3.63, 3.8) is 0 Å². The number of likely N-dealkylation sites (tertiary alicyclic amines) is 1. The summed E-state index contributed by atoms with van der Waals surface area (Å²) in [6.07, 6.45) is 6.22. The van der Waals surface area contributed by atoms with Crippen molar-refractivity contribution >= 4 is 11.8 Å². The van der Waals surface area contributed by atoms with Gasteiger partial charge in [-0.3, -0.25) is 9.59 Å². The molecule has 2 aromatic rings. The van der Waals surface area contributed by atoms with Gasteiger partial charge in [-0.2, -0.15) is 0 Å². The first kappa shape index (κ1) is 16.8. The Bertz CT molecular complexity index is 797. The van der Waals surface area contributed by atoms with Crippen LogP contribution in [0.3, 0.4) is 0 Å². The van der Waals surface area contributed by atoms with Crippen molar-refractivity contribution in [2.75, 3.05) is 13.6 Å². The minimum absolute atomic E-state index is 0.0377. The summed E-state index contributed by atoms with van der Waals surface area (Å²) >= 11 is 0. The average molecular weight is 352 g/mol. The second-order valence-corrected chi connectivity index (χ2v) is 7.33. The van der Waals surface area contributed by atoms with Crippen LogP contribution in [-0.2, 0) is 22.7 Å². The summed E-state index contributed by atoms with van der Waals surface area (Å²) in [5, 5.41) is 0. The first-order chi connectivity index (χ1) is 12.6. The molecule has 1 saturated carbocycles. The third-order valence-electron chi connectivity index (χ3n) is 5.25. The SMILES string of the molecule is CN(Cc1nccn1Cc1ccccc1)C(=O)[C@@H]1CC(=O)N(C2CC2)C1. The van der Waals surface area contributed by atoms with E-state index in [1.807, 2.05) is 29.3 Å². The van der Waals surface area contributed by atoms with Gasteiger partial charge in [0.1, 0.15) is 5.82 Å². The molecule has 4 rings (SSSR count). The highest BCUT2D eigenvalue weighted by Gasteiger charge is 2.42. The summed E-state index contributed by atoms with van der Waals surface area (Å²) < 4.78 is 2.06. The van der Waals surface area contributed by atoms with E-state index in [0.29, 0.717) is 25.6 Å². The first-order valence-electron chi connectivity index (χ1n) is 9.20. The Hall–Kier alpha value is -2.63. The van der Waals surface area contributed by atoms with Crippen LogP contribution in [-0.4, -0.2) is 50.8 Å². The lowest BCUT2D eigenvalue weighted by Gasteiger charge is -2.21. The minimum atomic E-state index is -0.217. The van der Waals surface area contributed by atoms with Crippen LogP contribution in [0, 0.1) is 5.92 Å². The van der Waals surface area contributed by atoms with Crippen molar-refractivity contribution < 1.29 is 9.59 Å². The molecule has 2 amide bonds. The predicted molar refractivity (Wildman–Crippen MR) is 97.1 cm³/mol. The van der Waals surface area contributed by atoms with Crippen molar-refractivity contribution in [3.8, 4) is 0 Å². The van der Waals surface area contributed by atoms with Crippen LogP contribution in [0.5, 0.6) is 0 Å². The lowest BCUT2D eigenvalue weighted by molar-refractivity contribution is -0.135. The number of benzene rings is 1. The van der Waals surface area contributed by atoms with E-state index in [9.17, 15) is 9.59 Å². The molecule has 6 nitrogen and oxygen atoms in total. The van der Waals surface area contributed by atoms with Crippen LogP contribution in [0.1, 0.15) is 30.7 Å². The molecule has 0 N–H and O–H groups in total. The van der Waals surface area contributed by atoms with Crippen LogP contribution in [0.25, 0.3) is 0 Å². The van der Waals surface area contributed by atoms with E-state index < -0.39 is 0 Å². The molecular weight excluding hydrogens is 328 g/mol. The molecule has 1 aromatic carbocycles. The maximum atomic E-state index is 12.8. The fourth-order valence-electron chi connectivity index (χ4n) is 3.65. The molecule has 1 aromatic heterocycles. The lowest BCUT2D eigenvalue weighted by atomic mass is 10.1. The van der Waals surface area contributed by atoms with E-state index >= 15 is 0 Å². The fraction of sp³-hybridized carbons (Fsp3) is 0.450. The van der Waals surface area contributed by atoms with Gasteiger partial charge >= 0.3 is 0 Å². The van der Waals surface area contributed by atoms with Gasteiger partial charge < -0.3 is 14.4 Å². The van der Waals surface area contributed by atoms with E-state index in [4.69, 9.17) is 0 Å². The fourth-order valence-corrected chi connectivity index (χ4v) is 3.65. The lowest BCUT2D eigenvalue weighted by Crippen LogP contribution is -2.35. The van der Waals surface area contributed by atoms with Gasteiger partial charge in [-0.25, -0.2) is 4.98 Å². The van der Waals surface area contributed by atoms with E-state index in [-0.39, 0.29) is 17.7 Å². The molecule has 0 unspecified atom stereocenters. The van der Waals surface area contributed by atoms with E-state index in [1.54, 1.807) is 18.1 Å². The van der Waals surface area contributed by atoms with Gasteiger partial charge in [0.2, 0.25) is 11.8 Å². The van der Waals surface area contributed by atoms with Crippen LogP contribution in [0.2, 0.25) is 0 Å². The zero-order valence-electron chi connectivity index (χ0n) is 15.0. The number of nitrogens with zero attached hydrogens (tertiary/aromatic N) is 4. The highest BCUT2D eigenvalue weighted by atomic mass is 16.2. The Morgan fingerprint density at radius 2 is 2.04 bits per heavy atom. The Morgan fingerprint density at radius 3 is 2.77 bits per heavy atom. The predicted octanol–water partition coefficient (Wildman–Crippen LogP) is 1.90. The Morgan fingerprint density at radius 1 is 1.27 bits per heavy atom. The molecule has 1 aliphatic heterocycles. The van der Waals surface area contributed by atoms with Crippen molar-refractivity contribution in [2.24, 2.45) is 5.92 Å². The Kier molecular flexibility index (Phi) is 4.49. The number of hydrogen-bond donors (Lipinski definition) is 0. The van der Waals surface area contributed by atoms with E-state index in [1.165, 1.54) is 5.56 Å². The molecule has 1 aliphatic carbocycles. The number of rotatable bonds is 6. The van der Waals surface area contributed by atoms with Gasteiger partial charge in [-0.1, -0.05) is 30.3 Å². The van der Waals surface area contributed by atoms with Gasteiger partial charge in [0.25, 0.3) is 0 Å². The summed E-state index contributed by atoms with van der Waals surface area (Å²) in [5.74, 6) is 0.805. The molecule has 1 atom stereocenters. The molecule has 1 saturated heterocycles. The maximum absolute atomic E-state index is 12.8. The quantitative estimate of drug-likeness (QED) is 0.798. The van der Waals surface area contributed by atoms with Gasteiger partial charge in [-0.15, -0.1) is 0 Å². The summed E-state index contributed by atoms with van der Waals surface area (Å²) in [4.78, 5) is 32.9. The maximum Gasteiger partial charge on any atom is 0.228 e. The second-order valence-electron chi connectivity index (χ2n) is 7.33. The topological polar surface area (TPSA) is 58.4 Å². The van der Waals surface area contributed by atoms with E-state index in [0.717, 1.165) is 25.2 Å². The van der Waals surface area contributed by atoms with Gasteiger partial charge in [0.15, 0.2) is 0 Å². The number of amides is 2. The molecule has 0 radical (unpaired) electrons. The zero-order chi connectivity index (χ0) is 18.1. The molecule has 2 aliphatic rings. The van der Waals surface area contributed by atoms with Gasteiger partial charge in [0, 0.05) is 45.0 Å². The average Bonchev–Trinajstić information content (AvgIpc) is 3.29. The third-order valence-corrected chi connectivity index (χ3v) is 5.25. The molecule has 2 fully saturated rings. The first-order valence-corrected chi connectivity index (χ1v) is 9.20. The summed E-state index contributed by atoms with van der Waals surface area (Å²) in [6, 6.07) is 10.6.